The van der Waals surface area contributed by atoms with Gasteiger partial charge in [0.2, 0.25) is 0 Å². The summed E-state index contributed by atoms with van der Waals surface area (Å²) in [6.07, 6.45) is -1.21. The number of carbonyl (C=O) groups excluding carboxylic acids is 4. The summed E-state index contributed by atoms with van der Waals surface area (Å²) in [6.45, 7) is 3.78. The smallest absolute Gasteiger partial charge is 0.303 e. The van der Waals surface area contributed by atoms with Gasteiger partial charge in [-0.2, -0.15) is 0 Å². The molecule has 1 fully saturated rings. The molecule has 0 spiro atoms. The lowest BCUT2D eigenvalue weighted by atomic mass is 10.1. The van der Waals surface area contributed by atoms with Gasteiger partial charge in [0.25, 0.3) is 17.1 Å². The normalized spacial score (nSPS) is 19.2. The number of esters is 1. The van der Waals surface area contributed by atoms with Gasteiger partial charge in [-0.05, 0) is 93.2 Å². The van der Waals surface area contributed by atoms with Gasteiger partial charge in [0.05, 0.1) is 30.6 Å². The van der Waals surface area contributed by atoms with Crippen molar-refractivity contribution in [2.75, 3.05) is 25.1 Å². The summed E-state index contributed by atoms with van der Waals surface area (Å²) in [7, 11) is 0. The lowest BCUT2D eigenvalue weighted by Crippen LogP contribution is -2.39. The van der Waals surface area contributed by atoms with E-state index in [4.69, 9.17) is 25.8 Å². The van der Waals surface area contributed by atoms with Crippen LogP contribution in [0.5, 0.6) is 0 Å². The number of rotatable bonds is 8. The molecule has 0 bridgehead atoms. The molecule has 2 amide bonds. The van der Waals surface area contributed by atoms with Gasteiger partial charge in [0.1, 0.15) is 12.2 Å². The zero-order chi connectivity index (χ0) is 25.1. The molecule has 1 aliphatic heterocycles. The first-order valence-corrected chi connectivity index (χ1v) is 13.0. The van der Waals surface area contributed by atoms with Gasteiger partial charge in [-0.1, -0.05) is 0 Å². The van der Waals surface area contributed by atoms with E-state index in [1.54, 1.807) is 13.8 Å². The molecule has 1 aromatic carbocycles. The molecule has 14 heteroatoms. The second-order valence-corrected chi connectivity index (χ2v) is 10.9. The van der Waals surface area contributed by atoms with E-state index in [1.807, 2.05) is 67.8 Å². The van der Waals surface area contributed by atoms with Crippen LogP contribution in [-0.4, -0.2) is 65.9 Å². The van der Waals surface area contributed by atoms with E-state index >= 15 is 0 Å². The van der Waals surface area contributed by atoms with Crippen molar-refractivity contribution in [1.82, 2.24) is 5.32 Å². The van der Waals surface area contributed by atoms with Crippen molar-refractivity contribution in [3.63, 3.8) is 0 Å². The average Bonchev–Trinajstić information content (AvgIpc) is 3.01. The minimum Gasteiger partial charge on any atom is -0.456 e. The fourth-order valence-corrected chi connectivity index (χ4v) is 7.93. The Hall–Kier alpha value is -0.340. The highest BCUT2D eigenvalue weighted by atomic mass is 127. The van der Waals surface area contributed by atoms with Gasteiger partial charge in [-0.3, -0.25) is 19.2 Å². The lowest BCUT2D eigenvalue weighted by molar-refractivity contribution is -0.148. The Bertz CT molecular complexity index is 989. The molecular weight excluding hydrogens is 800 g/mol. The summed E-state index contributed by atoms with van der Waals surface area (Å²) < 4.78 is 17.0. The van der Waals surface area contributed by atoms with Crippen LogP contribution in [0.2, 0.25) is 0 Å². The van der Waals surface area contributed by atoms with Crippen molar-refractivity contribution in [2.24, 2.45) is 0 Å². The third-order valence-corrected chi connectivity index (χ3v) is 7.77. The summed E-state index contributed by atoms with van der Waals surface area (Å²) in [5.74, 6) is -2.73. The van der Waals surface area contributed by atoms with E-state index in [-0.39, 0.29) is 30.0 Å². The molecule has 2 rings (SSSR count). The molecule has 1 saturated heterocycles. The number of aliphatic hydroxyl groups is 1. The van der Waals surface area contributed by atoms with Crippen LogP contribution in [0.3, 0.4) is 0 Å². The van der Waals surface area contributed by atoms with E-state index in [0.29, 0.717) is 10.7 Å². The van der Waals surface area contributed by atoms with E-state index in [1.165, 1.54) is 6.92 Å². The Labute approximate surface area is 235 Å². The number of benzene rings is 1. The van der Waals surface area contributed by atoms with Crippen LogP contribution in [0.15, 0.2) is 0 Å². The second-order valence-electron chi connectivity index (χ2n) is 7.27. The van der Waals surface area contributed by atoms with Crippen LogP contribution < -0.4 is 10.6 Å². The first-order chi connectivity index (χ1) is 15.3. The van der Waals surface area contributed by atoms with E-state index in [2.05, 4.69) is 10.6 Å². The summed E-state index contributed by atoms with van der Waals surface area (Å²) >= 11 is 11.4. The van der Waals surface area contributed by atoms with E-state index in [9.17, 15) is 24.3 Å². The highest BCUT2D eigenvalue weighted by molar-refractivity contribution is 14.1. The van der Waals surface area contributed by atoms with E-state index in [0.717, 1.165) is 0 Å². The molecule has 1 heterocycles. The van der Waals surface area contributed by atoms with Crippen LogP contribution in [0.4, 0.5) is 5.69 Å². The summed E-state index contributed by atoms with van der Waals surface area (Å²) in [5, 5.41) is 14.0. The molecule has 0 saturated carbocycles. The number of hydrogen-bond acceptors (Lipinski definition) is 8. The molecule has 2 atom stereocenters. The van der Waals surface area contributed by atoms with Crippen molar-refractivity contribution >= 4 is 108 Å². The van der Waals surface area contributed by atoms with Crippen LogP contribution >= 0.6 is 79.4 Å². The molecule has 0 aliphatic carbocycles. The van der Waals surface area contributed by atoms with Gasteiger partial charge in [0, 0.05) is 17.0 Å². The SMILES string of the molecule is CC(=O)OCC(=O)Nc1c(I)c(C(=O)Cl)c(I)c(C(=O)NCC2OC(C)(C)OC2CO)c1I. The highest BCUT2D eigenvalue weighted by Crippen LogP contribution is 2.36. The van der Waals surface area contributed by atoms with Crippen LogP contribution in [0.25, 0.3) is 0 Å². The Morgan fingerprint density at radius 3 is 2.18 bits per heavy atom. The van der Waals surface area contributed by atoms with E-state index < -0.39 is 47.6 Å². The summed E-state index contributed by atoms with van der Waals surface area (Å²) in [5.41, 5.74) is 0.376. The molecule has 182 valence electrons. The van der Waals surface area contributed by atoms with Crippen molar-refractivity contribution in [1.29, 1.82) is 0 Å². The summed E-state index contributed by atoms with van der Waals surface area (Å²) in [6, 6.07) is 0. The van der Waals surface area contributed by atoms with Crippen molar-refractivity contribution in [2.45, 2.75) is 38.8 Å². The van der Waals surface area contributed by atoms with Gasteiger partial charge < -0.3 is 30.0 Å². The molecule has 33 heavy (non-hydrogen) atoms. The first-order valence-electron chi connectivity index (χ1n) is 9.37. The van der Waals surface area contributed by atoms with Gasteiger partial charge in [0.15, 0.2) is 12.4 Å². The van der Waals surface area contributed by atoms with Gasteiger partial charge in [-0.15, -0.1) is 0 Å². The Kier molecular flexibility index (Phi) is 10.6. The maximum atomic E-state index is 13.1. The van der Waals surface area contributed by atoms with Crippen LogP contribution in [0, 0.1) is 10.7 Å². The van der Waals surface area contributed by atoms with Gasteiger partial charge >= 0.3 is 5.97 Å². The maximum Gasteiger partial charge on any atom is 0.303 e. The number of amides is 2. The lowest BCUT2D eigenvalue weighted by Gasteiger charge is -2.20. The number of hydrogen-bond donors (Lipinski definition) is 3. The molecule has 1 aromatic rings. The van der Waals surface area contributed by atoms with Crippen LogP contribution in [0.1, 0.15) is 41.5 Å². The minimum absolute atomic E-state index is 0.0317. The predicted molar refractivity (Wildman–Crippen MR) is 143 cm³/mol. The first kappa shape index (κ1) is 28.9. The van der Waals surface area contributed by atoms with Crippen LogP contribution in [-0.2, 0) is 23.8 Å². The number of nitrogens with one attached hydrogen (secondary N) is 2. The number of ether oxygens (including phenoxy) is 3. The fraction of sp³-hybridized carbons (Fsp3) is 0.474. The molecular formula is C19H20ClI3N2O8. The number of carbonyl (C=O) groups is 4. The average molecular weight is 821 g/mol. The monoisotopic (exact) mass is 820 g/mol. The minimum atomic E-state index is -0.911. The van der Waals surface area contributed by atoms with Gasteiger partial charge in [-0.25, -0.2) is 0 Å². The fourth-order valence-electron chi connectivity index (χ4n) is 3.01. The summed E-state index contributed by atoms with van der Waals surface area (Å²) in [4.78, 5) is 48.4. The molecule has 2 unspecified atom stereocenters. The zero-order valence-electron chi connectivity index (χ0n) is 17.6. The zero-order valence-corrected chi connectivity index (χ0v) is 24.8. The molecule has 0 aromatic heterocycles. The largest absolute Gasteiger partial charge is 0.456 e. The van der Waals surface area contributed by atoms with Crippen molar-refractivity contribution in [3.8, 4) is 0 Å². The third kappa shape index (κ3) is 7.33. The quantitative estimate of drug-likeness (QED) is 0.207. The second kappa shape index (κ2) is 12.1. The van der Waals surface area contributed by atoms with Crippen molar-refractivity contribution < 1.29 is 38.5 Å². The topological polar surface area (TPSA) is 140 Å². The molecule has 3 N–H and O–H groups in total. The molecule has 10 nitrogen and oxygen atoms in total. The number of halogens is 4. The third-order valence-electron chi connectivity index (χ3n) is 4.34. The van der Waals surface area contributed by atoms with Crippen molar-refractivity contribution in [3.05, 3.63) is 21.8 Å². The predicted octanol–water partition coefficient (Wildman–Crippen LogP) is 2.62. The number of aliphatic hydroxyl groups excluding tert-OH is 1. The number of anilines is 1. The molecule has 0 radical (unpaired) electrons. The Morgan fingerprint density at radius 1 is 1.06 bits per heavy atom. The standard InChI is InChI=1S/C19H20ClI3N2O8/c1-7(27)31-6-10(28)25-16-14(22)11(17(20)29)13(21)12(15(16)23)18(30)24-4-8-9(5-26)33-19(2,3)32-8/h8-9,26H,4-6H2,1-3H3,(H,24,30)(H,25,28). The molecule has 1 aliphatic rings. The Morgan fingerprint density at radius 2 is 1.64 bits per heavy atom. The maximum absolute atomic E-state index is 13.1. The highest BCUT2D eigenvalue weighted by Gasteiger charge is 2.41. The Balaban J connectivity index is 2.36.